The lowest BCUT2D eigenvalue weighted by Crippen LogP contribution is -2.55. The van der Waals surface area contributed by atoms with Gasteiger partial charge in [0.15, 0.2) is 5.78 Å². The van der Waals surface area contributed by atoms with E-state index < -0.39 is 17.1 Å². The second-order valence-electron chi connectivity index (χ2n) is 16.0. The molecule has 55 heavy (non-hydrogen) atoms. The number of allylic oxidation sites excluding steroid dienone is 2. The Bertz CT molecular complexity index is 1940. The minimum Gasteiger partial charge on any atom is -0.393 e. The van der Waals surface area contributed by atoms with Gasteiger partial charge >= 0.3 is 6.03 Å². The number of rotatable bonds is 11. The van der Waals surface area contributed by atoms with Gasteiger partial charge in [-0.3, -0.25) is 4.79 Å². The minimum atomic E-state index is -1.24. The molecule has 4 aromatic carbocycles. The number of aliphatic hydroxyl groups is 2. The van der Waals surface area contributed by atoms with Crippen molar-refractivity contribution >= 4 is 11.8 Å². The molecule has 2 bridgehead atoms. The lowest BCUT2D eigenvalue weighted by atomic mass is 9.64. The molecule has 3 N–H and O–H groups in total. The molecule has 0 saturated heterocycles. The van der Waals surface area contributed by atoms with Gasteiger partial charge in [0.25, 0.3) is 0 Å². The first kappa shape index (κ1) is 40.1. The number of methoxy groups -OCH3 is 1. The Balaban J connectivity index is 1.41. The number of hydrogen-bond acceptors (Lipinski definition) is 5. The van der Waals surface area contributed by atoms with Gasteiger partial charge < -0.3 is 25.2 Å². The highest BCUT2D eigenvalue weighted by Gasteiger charge is 2.57. The maximum atomic E-state index is 15.0. The molecule has 0 aliphatic heterocycles. The number of carbonyl (C=O) groups is 2. The molecule has 7 nitrogen and oxygen atoms in total. The summed E-state index contributed by atoms with van der Waals surface area (Å²) in [6.07, 6.45) is 6.73. The Labute approximate surface area is 327 Å². The third-order valence-electron chi connectivity index (χ3n) is 12.3. The van der Waals surface area contributed by atoms with Gasteiger partial charge in [0.2, 0.25) is 0 Å². The van der Waals surface area contributed by atoms with Crippen molar-refractivity contribution < 1.29 is 24.5 Å². The van der Waals surface area contributed by atoms with Crippen LogP contribution in [-0.2, 0) is 11.2 Å². The summed E-state index contributed by atoms with van der Waals surface area (Å²) in [7, 11) is 1.66. The number of ketones is 1. The Morgan fingerprint density at radius 3 is 2.38 bits per heavy atom. The van der Waals surface area contributed by atoms with Crippen LogP contribution in [0.1, 0.15) is 110 Å². The van der Waals surface area contributed by atoms with Crippen molar-refractivity contribution in [2.24, 2.45) is 5.41 Å². The molecule has 0 spiro atoms. The average Bonchev–Trinajstić information content (AvgIpc) is 3.45. The molecule has 0 radical (unpaired) electrons. The average molecular weight is 743 g/mol. The molecule has 290 valence electrons. The normalized spacial score (nSPS) is 23.3. The Hall–Kier alpha value is -4.56. The van der Waals surface area contributed by atoms with E-state index in [1.807, 2.05) is 97.9 Å². The predicted octanol–water partition coefficient (Wildman–Crippen LogP) is 9.43. The summed E-state index contributed by atoms with van der Waals surface area (Å²) in [5.74, 6) is -0.232. The van der Waals surface area contributed by atoms with Gasteiger partial charge in [-0.1, -0.05) is 116 Å². The van der Waals surface area contributed by atoms with E-state index in [1.165, 1.54) is 5.57 Å². The van der Waals surface area contributed by atoms with Crippen molar-refractivity contribution in [2.45, 2.75) is 95.8 Å². The van der Waals surface area contributed by atoms with Gasteiger partial charge in [0.1, 0.15) is 0 Å². The molecule has 0 aromatic heterocycles. The van der Waals surface area contributed by atoms with Gasteiger partial charge in [0, 0.05) is 36.8 Å². The van der Waals surface area contributed by atoms with Crippen molar-refractivity contribution in [3.63, 3.8) is 0 Å². The first-order valence-electron chi connectivity index (χ1n) is 20.0. The fourth-order valence-corrected chi connectivity index (χ4v) is 8.96. The summed E-state index contributed by atoms with van der Waals surface area (Å²) in [5.41, 5.74) is 5.20. The second kappa shape index (κ2) is 17.9. The number of urea groups is 1. The van der Waals surface area contributed by atoms with Crippen molar-refractivity contribution in [3.8, 4) is 11.1 Å². The quantitative estimate of drug-likeness (QED) is 0.0808. The van der Waals surface area contributed by atoms with Crippen LogP contribution in [0.25, 0.3) is 11.1 Å². The predicted molar refractivity (Wildman–Crippen MR) is 220 cm³/mol. The smallest absolute Gasteiger partial charge is 0.317 e. The van der Waals surface area contributed by atoms with E-state index in [4.69, 9.17) is 4.74 Å². The molecular formula is C48H58N2O5. The minimum absolute atomic E-state index is 0.0677. The van der Waals surface area contributed by atoms with Crippen molar-refractivity contribution in [3.05, 3.63) is 143 Å². The molecule has 1 fully saturated rings. The number of hydrogen-bond donors (Lipinski definition) is 3. The summed E-state index contributed by atoms with van der Waals surface area (Å²) >= 11 is 0. The second-order valence-corrected chi connectivity index (χ2v) is 16.0. The van der Waals surface area contributed by atoms with E-state index >= 15 is 0 Å². The van der Waals surface area contributed by atoms with Crippen LogP contribution in [0.5, 0.6) is 0 Å². The fourth-order valence-electron chi connectivity index (χ4n) is 8.96. The molecule has 7 heteroatoms. The van der Waals surface area contributed by atoms with Crippen LogP contribution >= 0.6 is 0 Å². The van der Waals surface area contributed by atoms with Crippen LogP contribution in [0.3, 0.4) is 0 Å². The number of benzene rings is 4. The number of carbonyl (C=O) groups excluding carboxylic acids is 2. The summed E-state index contributed by atoms with van der Waals surface area (Å²) in [6.45, 7) is 7.35. The number of aliphatic hydroxyl groups excluding tert-OH is 1. The van der Waals surface area contributed by atoms with Crippen molar-refractivity contribution in [1.29, 1.82) is 0 Å². The van der Waals surface area contributed by atoms with Crippen LogP contribution in [-0.4, -0.2) is 65.4 Å². The highest BCUT2D eigenvalue weighted by atomic mass is 16.5. The summed E-state index contributed by atoms with van der Waals surface area (Å²) < 4.78 is 5.38. The zero-order valence-corrected chi connectivity index (χ0v) is 33.0. The molecular weight excluding hydrogens is 685 g/mol. The summed E-state index contributed by atoms with van der Waals surface area (Å²) in [4.78, 5) is 30.9. The van der Waals surface area contributed by atoms with E-state index in [9.17, 15) is 19.8 Å². The van der Waals surface area contributed by atoms with Crippen LogP contribution in [0, 0.1) is 5.41 Å². The topological polar surface area (TPSA) is 99.1 Å². The zero-order chi connectivity index (χ0) is 39.0. The van der Waals surface area contributed by atoms with Crippen LogP contribution in [0.15, 0.2) is 115 Å². The lowest BCUT2D eigenvalue weighted by molar-refractivity contribution is -0.0775. The number of amides is 2. The third-order valence-corrected chi connectivity index (χ3v) is 12.3. The number of ether oxygens (including phenoxy) is 1. The highest BCUT2D eigenvalue weighted by molar-refractivity contribution is 6.13. The molecule has 0 unspecified atom stereocenters. The Morgan fingerprint density at radius 2 is 1.64 bits per heavy atom. The standard InChI is InChI=1S/C48H58N2O5/c1-34-15-13-27-47(3)44(26-28-48(47,54)33-50(29-14-30-55-4)46(53)49-35(2)37-16-7-5-8-17-37)41-25-23-36(31-39(51)24-22-34)32-43(41)45(52)42-21-12-11-20-40(42)38-18-9-6-10-19-38/h5-12,15-21,23,25,32,35,39,44,51,54H,13-14,22,24,26-31,33H2,1-4H3,(H,49,53)/t35-,39+,44+,47+,48-/m1/s1. The number of fused-ring (bicyclic) bond motifs is 8. The van der Waals surface area contributed by atoms with E-state index in [1.54, 1.807) is 12.0 Å². The monoisotopic (exact) mass is 742 g/mol. The molecule has 4 aromatic rings. The lowest BCUT2D eigenvalue weighted by Gasteiger charge is -2.46. The van der Waals surface area contributed by atoms with E-state index in [2.05, 4.69) is 37.4 Å². The molecule has 3 aliphatic carbocycles. The van der Waals surface area contributed by atoms with Gasteiger partial charge in [-0.15, -0.1) is 0 Å². The Kier molecular flexibility index (Phi) is 13.1. The van der Waals surface area contributed by atoms with E-state index in [0.29, 0.717) is 62.8 Å². The van der Waals surface area contributed by atoms with Gasteiger partial charge in [0.05, 0.1) is 24.3 Å². The molecule has 0 heterocycles. The SMILES string of the molecule is COCCCN(C[C@]1(O)CC[C@H]2c3ccc(cc3C(=O)c3ccccc3-c3ccccc3)C[C@@H](O)CCC(C)=CCC[C@@]21C)C(=O)N[C@H](C)c1ccccc1. The van der Waals surface area contributed by atoms with Crippen molar-refractivity contribution in [1.82, 2.24) is 10.2 Å². The largest absolute Gasteiger partial charge is 0.393 e. The van der Waals surface area contributed by atoms with Crippen molar-refractivity contribution in [2.75, 3.05) is 26.8 Å². The number of nitrogens with one attached hydrogen (secondary N) is 1. The maximum Gasteiger partial charge on any atom is 0.317 e. The first-order chi connectivity index (χ1) is 26.5. The van der Waals surface area contributed by atoms with E-state index in [0.717, 1.165) is 40.7 Å². The zero-order valence-electron chi connectivity index (χ0n) is 33.0. The number of nitrogens with zero attached hydrogens (tertiary/aromatic N) is 1. The molecule has 7 rings (SSSR count). The van der Waals surface area contributed by atoms with E-state index in [-0.39, 0.29) is 30.3 Å². The summed E-state index contributed by atoms with van der Waals surface area (Å²) in [5, 5.41) is 27.4. The van der Waals surface area contributed by atoms with Gasteiger partial charge in [-0.05, 0) is 105 Å². The molecule has 5 atom stereocenters. The molecule has 1 saturated carbocycles. The first-order valence-corrected chi connectivity index (χ1v) is 20.0. The fraction of sp³-hybridized carbons (Fsp3) is 0.417. The van der Waals surface area contributed by atoms with Crippen LogP contribution in [0.2, 0.25) is 0 Å². The van der Waals surface area contributed by atoms with Crippen LogP contribution < -0.4 is 5.32 Å². The molecule has 3 aliphatic rings. The van der Waals surface area contributed by atoms with Crippen LogP contribution in [0.4, 0.5) is 4.79 Å². The highest BCUT2D eigenvalue weighted by Crippen LogP contribution is 2.59. The summed E-state index contributed by atoms with van der Waals surface area (Å²) in [6, 6.07) is 33.3. The maximum absolute atomic E-state index is 15.0. The Morgan fingerprint density at radius 1 is 0.927 bits per heavy atom. The van der Waals surface area contributed by atoms with Gasteiger partial charge in [-0.25, -0.2) is 4.79 Å². The third kappa shape index (κ3) is 9.12. The van der Waals surface area contributed by atoms with Gasteiger partial charge in [-0.2, -0.15) is 0 Å². The molecule has 2 amide bonds.